The smallest absolute Gasteiger partial charge is 0.423 e. The quantitative estimate of drug-likeness (QED) is 0.216. The van der Waals surface area contributed by atoms with Gasteiger partial charge in [0.1, 0.15) is 5.60 Å². The van der Waals surface area contributed by atoms with Crippen LogP contribution >= 0.6 is 0 Å². The second kappa shape index (κ2) is 8.67. The number of rotatable bonds is 5. The second-order valence-electron chi connectivity index (χ2n) is 14.2. The van der Waals surface area contributed by atoms with Crippen LogP contribution in [0.1, 0.15) is 53.0 Å². The van der Waals surface area contributed by atoms with Crippen LogP contribution in [0.2, 0.25) is 18.1 Å². The minimum Gasteiger partial charge on any atom is -0.423 e. The van der Waals surface area contributed by atoms with Gasteiger partial charge in [-0.05, 0) is 53.9 Å². The monoisotopic (exact) mass is 548 g/mol. The van der Waals surface area contributed by atoms with Crippen LogP contribution < -0.4 is 0 Å². The molecule has 2 bridgehead atoms. The van der Waals surface area contributed by atoms with E-state index >= 15 is 0 Å². The summed E-state index contributed by atoms with van der Waals surface area (Å²) in [6.07, 6.45) is 9.38. The van der Waals surface area contributed by atoms with Gasteiger partial charge in [-0.2, -0.15) is 0 Å². The molecule has 5 aliphatic rings. The van der Waals surface area contributed by atoms with Gasteiger partial charge in [-0.15, -0.1) is 6.58 Å². The average molecular weight is 549 g/mol. The first-order valence-electron chi connectivity index (χ1n) is 14.6. The Morgan fingerprint density at radius 1 is 1.18 bits per heavy atom. The maximum Gasteiger partial charge on any atom is 0.509 e. The fourth-order valence-electron chi connectivity index (χ4n) is 8.34. The molecule has 39 heavy (non-hydrogen) atoms. The maximum atomic E-state index is 13.3. The minimum absolute atomic E-state index is 0.0444. The van der Waals surface area contributed by atoms with E-state index in [9.17, 15) is 4.79 Å². The Kier molecular flexibility index (Phi) is 6.01. The van der Waals surface area contributed by atoms with Crippen LogP contribution in [0.3, 0.4) is 0 Å². The number of ether oxygens (including phenoxy) is 3. The number of carbonyl (C=O) groups excluding carboxylic acids is 1. The Balaban J connectivity index is 1.57. The lowest BCUT2D eigenvalue weighted by Crippen LogP contribution is -2.71. The van der Waals surface area contributed by atoms with E-state index in [4.69, 9.17) is 18.6 Å². The minimum atomic E-state index is -2.13. The van der Waals surface area contributed by atoms with Crippen molar-refractivity contribution >= 4 is 20.5 Å². The fourth-order valence-corrected chi connectivity index (χ4v) is 9.38. The maximum absolute atomic E-state index is 13.3. The third-order valence-electron chi connectivity index (χ3n) is 11.3. The van der Waals surface area contributed by atoms with Crippen molar-refractivity contribution in [2.75, 3.05) is 6.61 Å². The van der Waals surface area contributed by atoms with Crippen LogP contribution in [0.25, 0.3) is 6.08 Å². The van der Waals surface area contributed by atoms with Crippen LogP contribution in [0, 0.1) is 29.6 Å². The molecule has 1 saturated carbocycles. The molecule has 2 aliphatic carbocycles. The Morgan fingerprint density at radius 3 is 2.56 bits per heavy atom. The number of carbonyl (C=O) groups is 1. The van der Waals surface area contributed by atoms with E-state index < -0.39 is 37.4 Å². The Morgan fingerprint density at radius 2 is 1.90 bits per heavy atom. The van der Waals surface area contributed by atoms with Gasteiger partial charge in [0.05, 0.1) is 12.2 Å². The summed E-state index contributed by atoms with van der Waals surface area (Å²) < 4.78 is 27.2. The van der Waals surface area contributed by atoms with Gasteiger partial charge >= 0.3 is 6.16 Å². The van der Waals surface area contributed by atoms with Gasteiger partial charge in [0.2, 0.25) is 0 Å². The van der Waals surface area contributed by atoms with Crippen molar-refractivity contribution in [3.05, 3.63) is 66.3 Å². The zero-order valence-corrected chi connectivity index (χ0v) is 25.5. The first kappa shape index (κ1) is 27.0. The van der Waals surface area contributed by atoms with Crippen molar-refractivity contribution in [2.45, 2.75) is 88.5 Å². The number of fused-ring (bicyclic) bond motifs is 2. The second-order valence-corrected chi connectivity index (χ2v) is 19.0. The summed E-state index contributed by atoms with van der Waals surface area (Å²) in [6.45, 7) is 20.5. The highest BCUT2D eigenvalue weighted by atomic mass is 28.4. The number of benzene rings is 1. The highest BCUT2D eigenvalue weighted by molar-refractivity contribution is 6.74. The summed E-state index contributed by atoms with van der Waals surface area (Å²) in [5.41, 5.74) is -0.0242. The molecule has 0 radical (unpaired) electrons. The van der Waals surface area contributed by atoms with Crippen molar-refractivity contribution in [3.8, 4) is 0 Å². The van der Waals surface area contributed by atoms with Crippen molar-refractivity contribution in [1.29, 1.82) is 0 Å². The van der Waals surface area contributed by atoms with E-state index in [-0.39, 0.29) is 34.6 Å². The summed E-state index contributed by atoms with van der Waals surface area (Å²) in [7, 11) is -2.13. The van der Waals surface area contributed by atoms with Crippen molar-refractivity contribution in [2.24, 2.45) is 29.6 Å². The molecule has 1 aromatic rings. The van der Waals surface area contributed by atoms with Gasteiger partial charge in [0, 0.05) is 17.8 Å². The third kappa shape index (κ3) is 3.53. The van der Waals surface area contributed by atoms with E-state index in [1.165, 1.54) is 0 Å². The molecule has 9 atom stereocenters. The molecule has 3 aliphatic heterocycles. The van der Waals surface area contributed by atoms with Crippen LogP contribution in [0.4, 0.5) is 4.79 Å². The molecule has 2 spiro atoms. The normalized spacial score (nSPS) is 43.5. The molecule has 0 aromatic heterocycles. The lowest BCUT2D eigenvalue weighted by molar-refractivity contribution is -0.277. The molecule has 6 heteroatoms. The zero-order valence-electron chi connectivity index (χ0n) is 24.5. The van der Waals surface area contributed by atoms with Gasteiger partial charge in [-0.3, -0.25) is 0 Å². The summed E-state index contributed by atoms with van der Waals surface area (Å²) in [5, 5.41) is 0.0444. The van der Waals surface area contributed by atoms with Crippen LogP contribution in [0.5, 0.6) is 0 Å². The Labute approximate surface area is 234 Å². The van der Waals surface area contributed by atoms with E-state index in [1.54, 1.807) is 0 Å². The van der Waals surface area contributed by atoms with E-state index in [0.717, 1.165) is 24.0 Å². The lowest BCUT2D eigenvalue weighted by Gasteiger charge is -2.57. The van der Waals surface area contributed by atoms with Crippen LogP contribution in [-0.4, -0.2) is 44.0 Å². The Hall–Kier alpha value is -2.15. The molecular weight excluding hydrogens is 504 g/mol. The summed E-state index contributed by atoms with van der Waals surface area (Å²) >= 11 is 0. The highest BCUT2D eigenvalue weighted by Crippen LogP contribution is 2.73. The molecule has 0 unspecified atom stereocenters. The van der Waals surface area contributed by atoms with E-state index in [1.807, 2.05) is 6.07 Å². The van der Waals surface area contributed by atoms with Gasteiger partial charge < -0.3 is 18.6 Å². The van der Waals surface area contributed by atoms with Crippen molar-refractivity contribution in [1.82, 2.24) is 0 Å². The molecule has 6 rings (SSSR count). The van der Waals surface area contributed by atoms with Crippen molar-refractivity contribution < 1.29 is 23.4 Å². The largest absolute Gasteiger partial charge is 0.509 e. The topological polar surface area (TPSA) is 54.0 Å². The molecule has 3 heterocycles. The predicted molar refractivity (Wildman–Crippen MR) is 156 cm³/mol. The fraction of sp³-hybridized carbons (Fsp3) is 0.606. The van der Waals surface area contributed by atoms with Gasteiger partial charge in [-0.25, -0.2) is 4.79 Å². The Bertz CT molecular complexity index is 1230. The first-order valence-corrected chi connectivity index (χ1v) is 17.5. The van der Waals surface area contributed by atoms with Gasteiger partial charge in [0.25, 0.3) is 0 Å². The summed E-state index contributed by atoms with van der Waals surface area (Å²) in [5.74, 6) is 0.603. The molecule has 5 nitrogen and oxygen atoms in total. The van der Waals surface area contributed by atoms with Gasteiger partial charge in [-0.1, -0.05) is 89.3 Å². The first-order chi connectivity index (χ1) is 18.3. The molecule has 3 saturated heterocycles. The highest BCUT2D eigenvalue weighted by Gasteiger charge is 2.84. The number of allylic oxidation sites excluding steroid dienone is 1. The lowest BCUT2D eigenvalue weighted by atomic mass is 9.59. The van der Waals surface area contributed by atoms with Crippen molar-refractivity contribution in [3.63, 3.8) is 0 Å². The number of hydrogen-bond donors (Lipinski definition) is 0. The molecule has 0 N–H and O–H groups in total. The molecule has 4 fully saturated rings. The predicted octanol–water partition coefficient (Wildman–Crippen LogP) is 7.56. The van der Waals surface area contributed by atoms with Crippen LogP contribution in [-0.2, 0) is 18.6 Å². The summed E-state index contributed by atoms with van der Waals surface area (Å²) in [4.78, 5) is 13.3. The summed E-state index contributed by atoms with van der Waals surface area (Å²) in [6, 6.07) is 10.4. The molecule has 0 amide bonds. The molecule has 210 valence electrons. The van der Waals surface area contributed by atoms with Crippen LogP contribution in [0.15, 0.2) is 60.7 Å². The number of hydrogen-bond acceptors (Lipinski definition) is 5. The van der Waals surface area contributed by atoms with E-state index in [0.29, 0.717) is 6.61 Å². The zero-order chi connectivity index (χ0) is 28.0. The van der Waals surface area contributed by atoms with E-state index in [2.05, 4.69) is 103 Å². The molecular formula is C33H44O5Si. The average Bonchev–Trinajstić information content (AvgIpc) is 3.46. The van der Waals surface area contributed by atoms with Gasteiger partial charge in [0.15, 0.2) is 20.0 Å². The third-order valence-corrected chi connectivity index (χ3v) is 15.8. The molecule has 1 aromatic carbocycles. The SMILES string of the molecule is C=C[C@@H]1CC=C[C@@H]2C[C@]3(CO[Si](C)(C)C(C)(C)C)O[C@]12[C@@H]1[C@@H](C)[C@H](C)/C(=C/c2ccccc2)[C@]12OC(=O)O[C@H]32. The standard InChI is InChI=1S/C33H44O5Si/c1-9-24-16-13-17-25-19-31(20-35-39(7,8)30(4,5)6)28-33(37-29(34)36-28)26(18-23-14-11-10-12-15-23)21(2)22(3)27(33)32(24,25)38-31/h9-15,17-18,21-22,24-25,27-28H,1,16,19-20H2,2-8H3/b26-18-/t21-,22-,24+,25+,27-,28+,31+,32+,33-/m0/s1.